The number of rotatable bonds is 3. The lowest BCUT2D eigenvalue weighted by molar-refractivity contribution is -0.137. The van der Waals surface area contributed by atoms with Gasteiger partial charge in [0.2, 0.25) is 0 Å². The van der Waals surface area contributed by atoms with Gasteiger partial charge in [-0.2, -0.15) is 0 Å². The van der Waals surface area contributed by atoms with E-state index in [-0.39, 0.29) is 11.8 Å². The number of esters is 1. The first-order valence-corrected chi connectivity index (χ1v) is 5.70. The Hall–Kier alpha value is -0.653. The summed E-state index contributed by atoms with van der Waals surface area (Å²) in [5.74, 6) is -0.591. The summed E-state index contributed by atoms with van der Waals surface area (Å²) in [5.41, 5.74) is 0.253. The van der Waals surface area contributed by atoms with Crippen LogP contribution in [0.25, 0.3) is 0 Å². The van der Waals surface area contributed by atoms with Crippen LogP contribution in [-0.2, 0) is 9.53 Å². The van der Waals surface area contributed by atoms with Gasteiger partial charge in [-0.1, -0.05) is 6.58 Å². The molecule has 0 saturated heterocycles. The molecular formula is C6H12O4Si. The van der Waals surface area contributed by atoms with Crippen LogP contribution in [-0.4, -0.2) is 30.4 Å². The van der Waals surface area contributed by atoms with Crippen molar-refractivity contribution in [1.82, 2.24) is 0 Å². The van der Waals surface area contributed by atoms with Crippen LogP contribution in [0.2, 0.25) is 6.55 Å². The quantitative estimate of drug-likeness (QED) is 0.352. The summed E-state index contributed by atoms with van der Waals surface area (Å²) in [4.78, 5) is 28.3. The highest BCUT2D eigenvalue weighted by Crippen LogP contribution is 1.96. The third-order valence-electron chi connectivity index (χ3n) is 0.825. The molecule has 0 aliphatic rings. The molecule has 64 valence electrons. The average Bonchev–Trinajstić information content (AvgIpc) is 1.80. The Kier molecular flexibility index (Phi) is 3.44. The first-order valence-electron chi connectivity index (χ1n) is 3.10. The Morgan fingerprint density at radius 3 is 2.36 bits per heavy atom. The zero-order chi connectivity index (χ0) is 9.07. The number of hydrogen-bond donors (Lipinski definition) is 2. The Bertz CT molecular complexity index is 170. The van der Waals surface area contributed by atoms with E-state index in [1.54, 1.807) is 0 Å². The number of carbonyl (C=O) groups excluding carboxylic acids is 1. The van der Waals surface area contributed by atoms with E-state index < -0.39 is 14.5 Å². The van der Waals surface area contributed by atoms with Gasteiger partial charge in [-0.15, -0.1) is 0 Å². The van der Waals surface area contributed by atoms with Gasteiger partial charge in [-0.05, 0) is 13.5 Å². The summed E-state index contributed by atoms with van der Waals surface area (Å²) in [7, 11) is -3.25. The van der Waals surface area contributed by atoms with Gasteiger partial charge in [0.25, 0.3) is 0 Å². The third kappa shape index (κ3) is 5.77. The predicted molar refractivity (Wildman–Crippen MR) is 41.8 cm³/mol. The third-order valence-corrected chi connectivity index (χ3v) is 1.52. The van der Waals surface area contributed by atoms with Crippen molar-refractivity contribution in [3.8, 4) is 0 Å². The molecule has 0 fully saturated rings. The fourth-order valence-corrected chi connectivity index (χ4v) is 0.730. The summed E-state index contributed by atoms with van der Waals surface area (Å²) in [6.07, 6.45) is -0.307. The summed E-state index contributed by atoms with van der Waals surface area (Å²) < 4.78 is 4.49. The predicted octanol–water partition coefficient (Wildman–Crippen LogP) is -0.298. The largest absolute Gasteiger partial charge is 0.460 e. The van der Waals surface area contributed by atoms with E-state index in [0.29, 0.717) is 0 Å². The molecule has 0 aliphatic carbocycles. The Morgan fingerprint density at radius 2 is 2.09 bits per heavy atom. The summed E-state index contributed by atoms with van der Waals surface area (Å²) in [6, 6.07) is 0. The van der Waals surface area contributed by atoms with Crippen LogP contribution in [0.5, 0.6) is 0 Å². The van der Waals surface area contributed by atoms with Crippen molar-refractivity contribution in [2.24, 2.45) is 0 Å². The fraction of sp³-hybridized carbons (Fsp3) is 0.500. The van der Waals surface area contributed by atoms with Crippen molar-refractivity contribution < 1.29 is 19.1 Å². The van der Waals surface area contributed by atoms with Crippen LogP contribution < -0.4 is 0 Å². The molecule has 2 N–H and O–H groups in total. The monoisotopic (exact) mass is 176 g/mol. The summed E-state index contributed by atoms with van der Waals surface area (Å²) in [5, 5.41) is 0. The first-order chi connectivity index (χ1) is 4.83. The lowest BCUT2D eigenvalue weighted by Crippen LogP contribution is -2.37. The van der Waals surface area contributed by atoms with Gasteiger partial charge in [-0.25, -0.2) is 4.79 Å². The van der Waals surface area contributed by atoms with Crippen molar-refractivity contribution in [2.45, 2.75) is 13.5 Å². The van der Waals surface area contributed by atoms with E-state index in [4.69, 9.17) is 9.59 Å². The average molecular weight is 176 g/mol. The van der Waals surface area contributed by atoms with Crippen LogP contribution >= 0.6 is 0 Å². The van der Waals surface area contributed by atoms with Crippen molar-refractivity contribution in [2.75, 3.05) is 6.23 Å². The second-order valence-corrected chi connectivity index (χ2v) is 5.30. The Balaban J connectivity index is 3.73. The molecule has 0 spiro atoms. The van der Waals surface area contributed by atoms with Gasteiger partial charge in [-0.3, -0.25) is 0 Å². The van der Waals surface area contributed by atoms with Crippen LogP contribution in [0.15, 0.2) is 12.2 Å². The molecule has 0 unspecified atom stereocenters. The van der Waals surface area contributed by atoms with Gasteiger partial charge in [0.1, 0.15) is 6.23 Å². The zero-order valence-corrected chi connectivity index (χ0v) is 7.63. The minimum atomic E-state index is -3.25. The van der Waals surface area contributed by atoms with E-state index in [0.717, 1.165) is 0 Å². The highest BCUT2D eigenvalue weighted by atomic mass is 28.4. The van der Waals surface area contributed by atoms with E-state index in [1.165, 1.54) is 13.5 Å². The molecule has 0 atom stereocenters. The second kappa shape index (κ2) is 3.66. The van der Waals surface area contributed by atoms with Gasteiger partial charge >= 0.3 is 14.5 Å². The molecule has 0 saturated carbocycles. The van der Waals surface area contributed by atoms with Crippen LogP contribution in [0, 0.1) is 0 Å². The minimum Gasteiger partial charge on any atom is -0.460 e. The normalized spacial score (nSPS) is 10.9. The lowest BCUT2D eigenvalue weighted by atomic mass is 10.4. The van der Waals surface area contributed by atoms with Crippen LogP contribution in [0.1, 0.15) is 6.92 Å². The van der Waals surface area contributed by atoms with Crippen molar-refractivity contribution in [3.63, 3.8) is 0 Å². The molecule has 0 aromatic heterocycles. The molecule has 0 aliphatic heterocycles. The van der Waals surface area contributed by atoms with Gasteiger partial charge in [0, 0.05) is 5.57 Å². The van der Waals surface area contributed by atoms with Crippen molar-refractivity contribution in [3.05, 3.63) is 12.2 Å². The molecule has 11 heavy (non-hydrogen) atoms. The SMILES string of the molecule is C=C(C)C(=O)OC[Si](C)(O)O. The van der Waals surface area contributed by atoms with E-state index in [1.807, 2.05) is 0 Å². The Morgan fingerprint density at radius 1 is 1.64 bits per heavy atom. The standard InChI is InChI=1S/C6H12O4Si/c1-5(2)6(7)10-4-11(3,8)9/h8-9H,1,4H2,2-3H3. The van der Waals surface area contributed by atoms with Gasteiger partial charge in [0.05, 0.1) is 0 Å². The van der Waals surface area contributed by atoms with E-state index >= 15 is 0 Å². The molecule has 0 heterocycles. The maximum absolute atomic E-state index is 10.7. The number of carbonyl (C=O) groups is 1. The molecule has 0 rings (SSSR count). The van der Waals surface area contributed by atoms with Crippen LogP contribution in [0.3, 0.4) is 0 Å². The summed E-state index contributed by atoms with van der Waals surface area (Å²) >= 11 is 0. The fourth-order valence-electron chi connectivity index (χ4n) is 0.325. The molecular weight excluding hydrogens is 164 g/mol. The molecule has 4 nitrogen and oxygen atoms in total. The molecule has 5 heteroatoms. The maximum Gasteiger partial charge on any atom is 0.368 e. The topological polar surface area (TPSA) is 66.8 Å². The smallest absolute Gasteiger partial charge is 0.368 e. The van der Waals surface area contributed by atoms with E-state index in [2.05, 4.69) is 11.3 Å². The molecule has 0 bridgehead atoms. The van der Waals surface area contributed by atoms with Crippen molar-refractivity contribution in [1.29, 1.82) is 0 Å². The zero-order valence-electron chi connectivity index (χ0n) is 6.63. The van der Waals surface area contributed by atoms with Crippen LogP contribution in [0.4, 0.5) is 0 Å². The first kappa shape index (κ1) is 10.3. The molecule has 0 aromatic carbocycles. The maximum atomic E-state index is 10.7. The summed E-state index contributed by atoms with van der Waals surface area (Å²) in [6.45, 7) is 6.09. The molecule has 0 radical (unpaired) electrons. The molecule has 0 amide bonds. The van der Waals surface area contributed by atoms with Gasteiger partial charge < -0.3 is 14.3 Å². The Labute approximate surface area is 66.4 Å². The van der Waals surface area contributed by atoms with Crippen molar-refractivity contribution >= 4 is 14.5 Å². The highest BCUT2D eigenvalue weighted by Gasteiger charge is 2.23. The second-order valence-electron chi connectivity index (χ2n) is 2.57. The minimum absolute atomic E-state index is 0.253. The lowest BCUT2D eigenvalue weighted by Gasteiger charge is -2.11. The molecule has 0 aromatic rings. The number of hydrogen-bond acceptors (Lipinski definition) is 4. The highest BCUT2D eigenvalue weighted by molar-refractivity contribution is 6.63. The van der Waals surface area contributed by atoms with E-state index in [9.17, 15) is 4.79 Å². The number of ether oxygens (including phenoxy) is 1. The van der Waals surface area contributed by atoms with Gasteiger partial charge in [0.15, 0.2) is 0 Å².